The molecule has 0 bridgehead atoms. The Morgan fingerprint density at radius 2 is 1.72 bits per heavy atom. The number of hydrogen-bond acceptors (Lipinski definition) is 5. The van der Waals surface area contributed by atoms with Gasteiger partial charge in [0.1, 0.15) is 0 Å². The molecule has 0 aliphatic heterocycles. The third-order valence-corrected chi connectivity index (χ3v) is 6.94. The summed E-state index contributed by atoms with van der Waals surface area (Å²) in [5.41, 5.74) is 10.4. The molecule has 4 N–H and O–H groups in total. The van der Waals surface area contributed by atoms with Crippen molar-refractivity contribution in [3.63, 3.8) is 0 Å². The summed E-state index contributed by atoms with van der Waals surface area (Å²) < 4.78 is 4.65. The first kappa shape index (κ1) is 25.4. The number of carbonyl (C=O) groups is 2. The molecule has 188 valence electrons. The maximum absolute atomic E-state index is 13.3. The van der Waals surface area contributed by atoms with E-state index in [-0.39, 0.29) is 17.9 Å². The Bertz CT molecular complexity index is 1140. The van der Waals surface area contributed by atoms with Crippen LogP contribution in [-0.2, 0) is 16.0 Å². The van der Waals surface area contributed by atoms with Crippen molar-refractivity contribution in [1.82, 2.24) is 10.3 Å². The van der Waals surface area contributed by atoms with Gasteiger partial charge in [-0.2, -0.15) is 0 Å². The molecule has 3 aromatic rings. The fraction of sp³-hybridized carbons (Fsp3) is 0.345. The number of amides is 2. The Balaban J connectivity index is 1.54. The first-order valence-corrected chi connectivity index (χ1v) is 12.5. The van der Waals surface area contributed by atoms with Crippen molar-refractivity contribution >= 4 is 17.7 Å². The summed E-state index contributed by atoms with van der Waals surface area (Å²) in [5.74, 6) is 0.641. The number of methoxy groups -OCH3 is 1. The topological polar surface area (TPSA) is 106 Å². The van der Waals surface area contributed by atoms with Crippen molar-refractivity contribution in [3.05, 3.63) is 84.2 Å². The van der Waals surface area contributed by atoms with E-state index in [0.717, 1.165) is 48.1 Å². The minimum atomic E-state index is -0.509. The van der Waals surface area contributed by atoms with Crippen LogP contribution in [0, 0.1) is 11.8 Å². The predicted molar refractivity (Wildman–Crippen MR) is 141 cm³/mol. The summed E-state index contributed by atoms with van der Waals surface area (Å²) in [7, 11) is 1.33. The summed E-state index contributed by atoms with van der Waals surface area (Å²) in [4.78, 5) is 29.4. The highest BCUT2D eigenvalue weighted by Gasteiger charge is 2.28. The number of nitrogens with two attached hydrogens (primary N) is 1. The predicted octanol–water partition coefficient (Wildman–Crippen LogP) is 5.09. The lowest BCUT2D eigenvalue weighted by molar-refractivity contribution is -0.127. The van der Waals surface area contributed by atoms with Crippen molar-refractivity contribution in [2.45, 2.75) is 38.1 Å². The average molecular weight is 487 g/mol. The molecule has 0 radical (unpaired) electrons. The van der Waals surface area contributed by atoms with Gasteiger partial charge in [0, 0.05) is 17.8 Å². The fourth-order valence-corrected chi connectivity index (χ4v) is 4.76. The van der Waals surface area contributed by atoms with E-state index < -0.39 is 6.09 Å². The van der Waals surface area contributed by atoms with Gasteiger partial charge >= 0.3 is 6.09 Å². The first-order chi connectivity index (χ1) is 17.6. The lowest BCUT2D eigenvalue weighted by Gasteiger charge is -2.28. The Morgan fingerprint density at radius 1 is 1.00 bits per heavy atom. The van der Waals surface area contributed by atoms with E-state index >= 15 is 0 Å². The number of nitrogens with zero attached hydrogens (tertiary/aromatic N) is 1. The second kappa shape index (κ2) is 12.3. The monoisotopic (exact) mass is 486 g/mol. The molecule has 1 unspecified atom stereocenters. The number of aromatic nitrogens is 1. The molecular weight excluding hydrogens is 452 g/mol. The summed E-state index contributed by atoms with van der Waals surface area (Å²) >= 11 is 0. The van der Waals surface area contributed by atoms with Crippen LogP contribution < -0.4 is 16.4 Å². The molecule has 7 heteroatoms. The van der Waals surface area contributed by atoms with Crippen molar-refractivity contribution in [1.29, 1.82) is 0 Å². The number of ether oxygens (including phenoxy) is 1. The van der Waals surface area contributed by atoms with E-state index in [4.69, 9.17) is 5.73 Å². The molecule has 1 aliphatic carbocycles. The molecule has 1 atom stereocenters. The molecule has 1 aromatic heterocycles. The van der Waals surface area contributed by atoms with Gasteiger partial charge in [0.05, 0.1) is 18.8 Å². The zero-order valence-corrected chi connectivity index (χ0v) is 20.7. The van der Waals surface area contributed by atoms with Gasteiger partial charge in [-0.3, -0.25) is 15.1 Å². The van der Waals surface area contributed by atoms with E-state index in [0.29, 0.717) is 24.6 Å². The molecule has 1 fully saturated rings. The Morgan fingerprint density at radius 3 is 2.39 bits per heavy atom. The highest BCUT2D eigenvalue weighted by molar-refractivity contribution is 5.85. The normalized spacial score (nSPS) is 18.2. The van der Waals surface area contributed by atoms with Crippen LogP contribution in [0.5, 0.6) is 0 Å². The summed E-state index contributed by atoms with van der Waals surface area (Å²) in [5, 5.41) is 5.96. The minimum Gasteiger partial charge on any atom is -0.453 e. The third-order valence-electron chi connectivity index (χ3n) is 6.94. The molecule has 36 heavy (non-hydrogen) atoms. The summed E-state index contributed by atoms with van der Waals surface area (Å²) in [6, 6.07) is 21.4. The molecule has 2 aromatic carbocycles. The van der Waals surface area contributed by atoms with Gasteiger partial charge in [0.15, 0.2) is 0 Å². The van der Waals surface area contributed by atoms with Crippen LogP contribution in [0.15, 0.2) is 72.9 Å². The summed E-state index contributed by atoms with van der Waals surface area (Å²) in [6.45, 7) is 0.696. The second-order valence-electron chi connectivity index (χ2n) is 9.37. The molecular formula is C29H34N4O3. The SMILES string of the molecule is COC(=O)Nc1ccc(-c2ccnc(C(Cc3ccccc3)NC(=O)C3CCC(CN)CC3)c2)cc1. The molecule has 1 heterocycles. The number of hydrogen-bond donors (Lipinski definition) is 3. The van der Waals surface area contributed by atoms with Gasteiger partial charge in [-0.15, -0.1) is 0 Å². The van der Waals surface area contributed by atoms with E-state index in [9.17, 15) is 9.59 Å². The maximum Gasteiger partial charge on any atom is 0.411 e. The Hall–Kier alpha value is -3.71. The number of carbonyl (C=O) groups excluding carboxylic acids is 2. The van der Waals surface area contributed by atoms with Crippen molar-refractivity contribution in [2.24, 2.45) is 17.6 Å². The van der Waals surface area contributed by atoms with Gasteiger partial charge in [-0.25, -0.2) is 4.79 Å². The van der Waals surface area contributed by atoms with E-state index in [1.165, 1.54) is 7.11 Å². The van der Waals surface area contributed by atoms with Crippen molar-refractivity contribution in [2.75, 3.05) is 19.0 Å². The Kier molecular flexibility index (Phi) is 8.68. The van der Waals surface area contributed by atoms with Gasteiger partial charge in [0.25, 0.3) is 0 Å². The van der Waals surface area contributed by atoms with Crippen LogP contribution >= 0.6 is 0 Å². The number of anilines is 1. The van der Waals surface area contributed by atoms with E-state index in [1.54, 1.807) is 6.20 Å². The molecule has 0 saturated heterocycles. The van der Waals surface area contributed by atoms with Gasteiger partial charge in [-0.05, 0) is 85.5 Å². The lowest BCUT2D eigenvalue weighted by atomic mass is 9.81. The number of nitrogens with one attached hydrogen (secondary N) is 2. The molecule has 1 saturated carbocycles. The number of benzene rings is 2. The maximum atomic E-state index is 13.3. The quantitative estimate of drug-likeness (QED) is 0.411. The Labute approximate surface area is 212 Å². The van der Waals surface area contributed by atoms with Crippen LogP contribution in [0.3, 0.4) is 0 Å². The molecule has 7 nitrogen and oxygen atoms in total. The largest absolute Gasteiger partial charge is 0.453 e. The third kappa shape index (κ3) is 6.70. The zero-order chi connectivity index (χ0) is 25.3. The standard InChI is InChI=1S/C29H34N4O3/c1-36-29(35)32-25-13-11-22(12-14-25)24-15-16-31-26(18-24)27(17-20-5-3-2-4-6-20)33-28(34)23-9-7-21(19-30)8-10-23/h2-6,11-16,18,21,23,27H,7-10,17,19,30H2,1H3,(H,32,35)(H,33,34). The van der Waals surface area contributed by atoms with Crippen LogP contribution in [0.2, 0.25) is 0 Å². The van der Waals surface area contributed by atoms with E-state index in [2.05, 4.69) is 32.5 Å². The van der Waals surface area contributed by atoms with Crippen LogP contribution in [0.1, 0.15) is 43.0 Å². The highest BCUT2D eigenvalue weighted by atomic mass is 16.5. The van der Waals surface area contributed by atoms with Gasteiger partial charge in [0.2, 0.25) is 5.91 Å². The van der Waals surface area contributed by atoms with Crippen molar-refractivity contribution in [3.8, 4) is 11.1 Å². The molecule has 2 amide bonds. The number of rotatable bonds is 8. The number of pyridine rings is 1. The van der Waals surface area contributed by atoms with Crippen LogP contribution in [-0.4, -0.2) is 30.6 Å². The molecule has 0 spiro atoms. The second-order valence-corrected chi connectivity index (χ2v) is 9.37. The van der Waals surface area contributed by atoms with Crippen molar-refractivity contribution < 1.29 is 14.3 Å². The van der Waals surface area contributed by atoms with E-state index in [1.807, 2.05) is 54.6 Å². The molecule has 1 aliphatic rings. The first-order valence-electron chi connectivity index (χ1n) is 12.5. The lowest BCUT2D eigenvalue weighted by Crippen LogP contribution is -2.37. The molecule has 4 rings (SSSR count). The minimum absolute atomic E-state index is 0.0177. The zero-order valence-electron chi connectivity index (χ0n) is 20.7. The van der Waals surface area contributed by atoms with Crippen LogP contribution in [0.25, 0.3) is 11.1 Å². The van der Waals surface area contributed by atoms with Crippen LogP contribution in [0.4, 0.5) is 10.5 Å². The average Bonchev–Trinajstić information content (AvgIpc) is 2.93. The van der Waals surface area contributed by atoms with Gasteiger partial charge in [-0.1, -0.05) is 42.5 Å². The smallest absolute Gasteiger partial charge is 0.411 e. The van der Waals surface area contributed by atoms with Gasteiger partial charge < -0.3 is 15.8 Å². The fourth-order valence-electron chi connectivity index (χ4n) is 4.76. The summed E-state index contributed by atoms with van der Waals surface area (Å²) in [6.07, 6.45) is 5.70. The highest BCUT2D eigenvalue weighted by Crippen LogP contribution is 2.30.